The van der Waals surface area contributed by atoms with Crippen molar-refractivity contribution in [2.24, 2.45) is 5.92 Å². The summed E-state index contributed by atoms with van der Waals surface area (Å²) in [6, 6.07) is 3.74. The Labute approximate surface area is 129 Å². The van der Waals surface area contributed by atoms with Crippen LogP contribution in [0.25, 0.3) is 10.2 Å². The number of benzene rings is 1. The van der Waals surface area contributed by atoms with Gasteiger partial charge >= 0.3 is 0 Å². The standard InChI is InChI=1S/C13H14BrClN2OS/c1-6(2)10(14)12(18)17-13-16-11-7(3)4-8(15)5-9(11)19-13/h4-6,10H,1-3H3,(H,16,17,18)/t10-/m0/s1. The largest absolute Gasteiger partial charge is 0.301 e. The number of alkyl halides is 1. The second kappa shape index (κ2) is 5.77. The van der Waals surface area contributed by atoms with E-state index >= 15 is 0 Å². The van der Waals surface area contributed by atoms with E-state index in [4.69, 9.17) is 11.6 Å². The van der Waals surface area contributed by atoms with E-state index in [9.17, 15) is 4.79 Å². The number of carbonyl (C=O) groups excluding carboxylic acids is 1. The number of fused-ring (bicyclic) bond motifs is 1. The number of aromatic nitrogens is 1. The van der Waals surface area contributed by atoms with Gasteiger partial charge < -0.3 is 5.32 Å². The summed E-state index contributed by atoms with van der Waals surface area (Å²) in [5.74, 6) is 0.156. The molecule has 102 valence electrons. The summed E-state index contributed by atoms with van der Waals surface area (Å²) in [4.78, 5) is 16.2. The van der Waals surface area contributed by atoms with Crippen molar-refractivity contribution in [3.63, 3.8) is 0 Å². The topological polar surface area (TPSA) is 42.0 Å². The third-order valence-electron chi connectivity index (χ3n) is 2.72. The molecule has 0 unspecified atom stereocenters. The fraction of sp³-hybridized carbons (Fsp3) is 0.385. The van der Waals surface area contributed by atoms with E-state index in [1.54, 1.807) is 0 Å². The van der Waals surface area contributed by atoms with Crippen molar-refractivity contribution in [2.75, 3.05) is 5.32 Å². The maximum absolute atomic E-state index is 12.0. The van der Waals surface area contributed by atoms with Gasteiger partial charge in [0.1, 0.15) is 0 Å². The minimum Gasteiger partial charge on any atom is -0.301 e. The monoisotopic (exact) mass is 360 g/mol. The molecule has 19 heavy (non-hydrogen) atoms. The molecule has 1 amide bonds. The number of amides is 1. The van der Waals surface area contributed by atoms with Gasteiger partial charge in [-0.1, -0.05) is 52.7 Å². The molecule has 0 spiro atoms. The smallest absolute Gasteiger partial charge is 0.240 e. The zero-order valence-electron chi connectivity index (χ0n) is 10.8. The van der Waals surface area contributed by atoms with Crippen LogP contribution in [0.2, 0.25) is 5.02 Å². The molecule has 2 aromatic rings. The Hall–Kier alpha value is -0.650. The van der Waals surface area contributed by atoms with E-state index in [1.165, 1.54) is 11.3 Å². The van der Waals surface area contributed by atoms with Gasteiger partial charge in [0, 0.05) is 5.02 Å². The number of carbonyl (C=O) groups is 1. The molecule has 1 N–H and O–H groups in total. The van der Waals surface area contributed by atoms with Crippen LogP contribution in [0.3, 0.4) is 0 Å². The van der Waals surface area contributed by atoms with Crippen molar-refractivity contribution < 1.29 is 4.79 Å². The van der Waals surface area contributed by atoms with Crippen LogP contribution in [-0.4, -0.2) is 15.7 Å². The SMILES string of the molecule is Cc1cc(Cl)cc2sc(NC(=O)[C@@H](Br)C(C)C)nc12. The second-order valence-electron chi connectivity index (χ2n) is 4.72. The summed E-state index contributed by atoms with van der Waals surface area (Å²) in [5, 5.41) is 4.13. The third kappa shape index (κ3) is 3.27. The number of thiazole rings is 1. The first-order valence-electron chi connectivity index (χ1n) is 5.90. The number of nitrogens with zero attached hydrogens (tertiary/aromatic N) is 1. The number of nitrogens with one attached hydrogen (secondary N) is 1. The molecule has 1 atom stereocenters. The second-order valence-corrected chi connectivity index (χ2v) is 7.18. The lowest BCUT2D eigenvalue weighted by Crippen LogP contribution is -2.26. The maximum atomic E-state index is 12.0. The van der Waals surface area contributed by atoms with Crippen molar-refractivity contribution in [2.45, 2.75) is 25.6 Å². The third-order valence-corrected chi connectivity index (χ3v) is 5.33. The molecule has 6 heteroatoms. The van der Waals surface area contributed by atoms with Crippen molar-refractivity contribution in [1.82, 2.24) is 4.98 Å². The van der Waals surface area contributed by atoms with Crippen LogP contribution in [0.15, 0.2) is 12.1 Å². The van der Waals surface area contributed by atoms with E-state index in [-0.39, 0.29) is 16.7 Å². The molecular formula is C13H14BrClN2OS. The predicted octanol–water partition coefficient (Wildman–Crippen LogP) is 4.62. The molecule has 1 aromatic heterocycles. The van der Waals surface area contributed by atoms with Crippen LogP contribution in [0.5, 0.6) is 0 Å². The lowest BCUT2D eigenvalue weighted by molar-refractivity contribution is -0.116. The Kier molecular flexibility index (Phi) is 4.48. The quantitative estimate of drug-likeness (QED) is 0.811. The molecule has 0 radical (unpaired) electrons. The summed E-state index contributed by atoms with van der Waals surface area (Å²) in [6.07, 6.45) is 0. The van der Waals surface area contributed by atoms with E-state index in [0.717, 1.165) is 15.8 Å². The minimum absolute atomic E-state index is 0.0715. The van der Waals surface area contributed by atoms with Gasteiger partial charge in [0.15, 0.2) is 5.13 Å². The molecule has 0 aliphatic rings. The molecule has 0 bridgehead atoms. The summed E-state index contributed by atoms with van der Waals surface area (Å²) in [6.45, 7) is 5.93. The zero-order chi connectivity index (χ0) is 14.2. The summed E-state index contributed by atoms with van der Waals surface area (Å²) in [7, 11) is 0. The molecule has 1 aromatic carbocycles. The fourth-order valence-electron chi connectivity index (χ4n) is 1.68. The lowest BCUT2D eigenvalue weighted by atomic mass is 10.1. The lowest BCUT2D eigenvalue weighted by Gasteiger charge is -2.11. The fourth-order valence-corrected chi connectivity index (χ4v) is 3.12. The van der Waals surface area contributed by atoms with Crippen LogP contribution < -0.4 is 5.32 Å². The molecule has 2 rings (SSSR count). The van der Waals surface area contributed by atoms with Crippen molar-refractivity contribution in [3.05, 3.63) is 22.7 Å². The molecule has 0 aliphatic heterocycles. The van der Waals surface area contributed by atoms with Crippen LogP contribution in [0.1, 0.15) is 19.4 Å². The van der Waals surface area contributed by atoms with Gasteiger partial charge in [-0.2, -0.15) is 0 Å². The predicted molar refractivity (Wildman–Crippen MR) is 85.5 cm³/mol. The highest BCUT2D eigenvalue weighted by molar-refractivity contribution is 9.10. The number of anilines is 1. The van der Waals surface area contributed by atoms with Gasteiger partial charge in [-0.25, -0.2) is 4.98 Å². The van der Waals surface area contributed by atoms with E-state index in [1.807, 2.05) is 32.9 Å². The normalized spacial score (nSPS) is 12.9. The molecule has 1 heterocycles. The van der Waals surface area contributed by atoms with Gasteiger partial charge in [0.05, 0.1) is 15.0 Å². The number of halogens is 2. The Balaban J connectivity index is 2.27. The van der Waals surface area contributed by atoms with Crippen LogP contribution in [-0.2, 0) is 4.79 Å². The average Bonchev–Trinajstić information content (AvgIpc) is 2.70. The van der Waals surface area contributed by atoms with E-state index < -0.39 is 0 Å². The van der Waals surface area contributed by atoms with Crippen LogP contribution >= 0.6 is 38.9 Å². The number of rotatable bonds is 3. The van der Waals surface area contributed by atoms with Gasteiger partial charge in [-0.15, -0.1) is 0 Å². The molecule has 0 aliphatic carbocycles. The van der Waals surface area contributed by atoms with Gasteiger partial charge in [-0.3, -0.25) is 4.79 Å². The zero-order valence-corrected chi connectivity index (χ0v) is 14.0. The maximum Gasteiger partial charge on any atom is 0.240 e. The Bertz CT molecular complexity index is 626. The average molecular weight is 362 g/mol. The molecule has 0 saturated carbocycles. The Morgan fingerprint density at radius 1 is 1.47 bits per heavy atom. The van der Waals surface area contributed by atoms with E-state index in [0.29, 0.717) is 10.2 Å². The molecule has 0 fully saturated rings. The Morgan fingerprint density at radius 3 is 2.79 bits per heavy atom. The summed E-state index contributed by atoms with van der Waals surface area (Å²) < 4.78 is 0.982. The number of hydrogen-bond donors (Lipinski definition) is 1. The first-order chi connectivity index (χ1) is 8.88. The molecule has 3 nitrogen and oxygen atoms in total. The summed E-state index contributed by atoms with van der Waals surface area (Å²) >= 11 is 10.8. The highest BCUT2D eigenvalue weighted by atomic mass is 79.9. The van der Waals surface area contributed by atoms with Gasteiger partial charge in [0.2, 0.25) is 5.91 Å². The van der Waals surface area contributed by atoms with Gasteiger partial charge in [0.25, 0.3) is 0 Å². The first-order valence-corrected chi connectivity index (χ1v) is 8.01. The minimum atomic E-state index is -0.218. The van der Waals surface area contributed by atoms with Gasteiger partial charge in [-0.05, 0) is 30.5 Å². The van der Waals surface area contributed by atoms with E-state index in [2.05, 4.69) is 26.2 Å². The van der Waals surface area contributed by atoms with Crippen molar-refractivity contribution >= 4 is 60.1 Å². The first kappa shape index (κ1) is 14.8. The number of hydrogen-bond acceptors (Lipinski definition) is 3. The number of aryl methyl sites for hydroxylation is 1. The van der Waals surface area contributed by atoms with Crippen LogP contribution in [0.4, 0.5) is 5.13 Å². The summed E-state index contributed by atoms with van der Waals surface area (Å²) in [5.41, 5.74) is 1.90. The van der Waals surface area contributed by atoms with Crippen molar-refractivity contribution in [1.29, 1.82) is 0 Å². The van der Waals surface area contributed by atoms with Crippen LogP contribution in [0, 0.1) is 12.8 Å². The molecular weight excluding hydrogens is 348 g/mol. The molecule has 0 saturated heterocycles. The highest BCUT2D eigenvalue weighted by Crippen LogP contribution is 2.31. The Morgan fingerprint density at radius 2 is 2.16 bits per heavy atom. The van der Waals surface area contributed by atoms with Crippen molar-refractivity contribution in [3.8, 4) is 0 Å². The highest BCUT2D eigenvalue weighted by Gasteiger charge is 2.20.